The van der Waals surface area contributed by atoms with E-state index < -0.39 is 0 Å². The zero-order valence-electron chi connectivity index (χ0n) is 11.2. The fraction of sp³-hybridized carbons (Fsp3) is 0.118. The van der Waals surface area contributed by atoms with Gasteiger partial charge in [-0.25, -0.2) is 0 Å². The van der Waals surface area contributed by atoms with Crippen LogP contribution in [0.4, 0.5) is 0 Å². The van der Waals surface area contributed by atoms with Crippen molar-refractivity contribution in [3.05, 3.63) is 60.9 Å². The Morgan fingerprint density at radius 2 is 1.70 bits per heavy atom. The van der Waals surface area contributed by atoms with Gasteiger partial charge in [0.05, 0.1) is 12.8 Å². The molecule has 3 aromatic rings. The second-order valence-electron chi connectivity index (χ2n) is 4.37. The normalized spacial score (nSPS) is 10.4. The number of benzene rings is 2. The van der Waals surface area contributed by atoms with Gasteiger partial charge in [0, 0.05) is 6.20 Å². The molecule has 0 aliphatic rings. The molecule has 0 fully saturated rings. The monoisotopic (exact) mass is 265 g/mol. The van der Waals surface area contributed by atoms with Crippen LogP contribution in [0.25, 0.3) is 10.8 Å². The van der Waals surface area contributed by atoms with Crippen LogP contribution in [-0.4, -0.2) is 11.6 Å². The predicted molar refractivity (Wildman–Crippen MR) is 79.4 cm³/mol. The van der Waals surface area contributed by atoms with Crippen molar-refractivity contribution < 1.29 is 9.47 Å². The molecule has 3 heteroatoms. The maximum atomic E-state index is 5.88. The Balaban J connectivity index is 2.05. The fourth-order valence-electron chi connectivity index (χ4n) is 2.08. The van der Waals surface area contributed by atoms with Gasteiger partial charge in [0.25, 0.3) is 0 Å². The average molecular weight is 265 g/mol. The Kier molecular flexibility index (Phi) is 3.50. The van der Waals surface area contributed by atoms with E-state index in [1.54, 1.807) is 12.4 Å². The molecule has 3 nitrogen and oxygen atoms in total. The van der Waals surface area contributed by atoms with Crippen molar-refractivity contribution >= 4 is 10.8 Å². The number of rotatable bonds is 4. The number of hydrogen-bond acceptors (Lipinski definition) is 3. The maximum absolute atomic E-state index is 5.88. The first-order valence-electron chi connectivity index (χ1n) is 6.60. The third-order valence-corrected chi connectivity index (χ3v) is 2.97. The molecule has 100 valence electrons. The van der Waals surface area contributed by atoms with Crippen LogP contribution in [0.5, 0.6) is 17.2 Å². The molecule has 0 saturated carbocycles. The first-order valence-corrected chi connectivity index (χ1v) is 6.60. The highest BCUT2D eigenvalue weighted by Gasteiger charge is 2.08. The molecule has 0 amide bonds. The molecule has 0 N–H and O–H groups in total. The summed E-state index contributed by atoms with van der Waals surface area (Å²) in [6, 6.07) is 15.9. The fourth-order valence-corrected chi connectivity index (χ4v) is 2.08. The summed E-state index contributed by atoms with van der Waals surface area (Å²) in [4.78, 5) is 4.05. The van der Waals surface area contributed by atoms with E-state index in [1.807, 2.05) is 43.3 Å². The van der Waals surface area contributed by atoms with E-state index in [1.165, 1.54) is 0 Å². The van der Waals surface area contributed by atoms with Gasteiger partial charge in [0.1, 0.15) is 5.75 Å². The lowest BCUT2D eigenvalue weighted by Gasteiger charge is -2.12. The maximum Gasteiger partial charge on any atom is 0.170 e. The molecule has 2 aromatic carbocycles. The number of hydrogen-bond donors (Lipinski definition) is 0. The summed E-state index contributed by atoms with van der Waals surface area (Å²) in [6.45, 7) is 2.56. The summed E-state index contributed by atoms with van der Waals surface area (Å²) in [5.74, 6) is 2.15. The largest absolute Gasteiger partial charge is 0.490 e. The average Bonchev–Trinajstić information content (AvgIpc) is 2.49. The summed E-state index contributed by atoms with van der Waals surface area (Å²) >= 11 is 0. The molecule has 0 spiro atoms. The standard InChI is InChI=1S/C17H15NO2/c1-2-19-16-10-13-6-3-4-7-14(13)11-17(16)20-15-8-5-9-18-12-15/h3-12H,2H2,1H3. The van der Waals surface area contributed by atoms with Crippen LogP contribution >= 0.6 is 0 Å². The van der Waals surface area contributed by atoms with Gasteiger partial charge in [-0.3, -0.25) is 4.98 Å². The van der Waals surface area contributed by atoms with Gasteiger partial charge < -0.3 is 9.47 Å². The van der Waals surface area contributed by atoms with Crippen molar-refractivity contribution in [2.24, 2.45) is 0 Å². The van der Waals surface area contributed by atoms with Gasteiger partial charge in [0.15, 0.2) is 11.5 Å². The molecule has 0 unspecified atom stereocenters. The topological polar surface area (TPSA) is 31.4 Å². The van der Waals surface area contributed by atoms with Crippen molar-refractivity contribution in [2.45, 2.75) is 6.92 Å². The highest BCUT2D eigenvalue weighted by molar-refractivity contribution is 5.86. The van der Waals surface area contributed by atoms with E-state index in [0.717, 1.165) is 16.5 Å². The minimum absolute atomic E-state index is 0.599. The zero-order chi connectivity index (χ0) is 13.8. The third-order valence-electron chi connectivity index (χ3n) is 2.97. The minimum Gasteiger partial charge on any atom is -0.490 e. The van der Waals surface area contributed by atoms with Gasteiger partial charge in [-0.2, -0.15) is 0 Å². The Bertz CT molecular complexity index is 711. The third kappa shape index (κ3) is 2.57. The first-order chi connectivity index (χ1) is 9.86. The summed E-state index contributed by atoms with van der Waals surface area (Å²) in [7, 11) is 0. The summed E-state index contributed by atoms with van der Waals surface area (Å²) in [5, 5.41) is 2.25. The summed E-state index contributed by atoms with van der Waals surface area (Å²) in [5.41, 5.74) is 0. The van der Waals surface area contributed by atoms with Crippen LogP contribution < -0.4 is 9.47 Å². The van der Waals surface area contributed by atoms with Crippen molar-refractivity contribution in [1.82, 2.24) is 4.98 Å². The smallest absolute Gasteiger partial charge is 0.170 e. The molecule has 3 rings (SSSR count). The van der Waals surface area contributed by atoms with Crippen LogP contribution in [-0.2, 0) is 0 Å². The highest BCUT2D eigenvalue weighted by Crippen LogP contribution is 2.35. The molecule has 1 heterocycles. The van der Waals surface area contributed by atoms with Gasteiger partial charge in [0.2, 0.25) is 0 Å². The van der Waals surface area contributed by atoms with E-state index in [0.29, 0.717) is 18.1 Å². The van der Waals surface area contributed by atoms with Crippen LogP contribution in [0.2, 0.25) is 0 Å². The highest BCUT2D eigenvalue weighted by atomic mass is 16.5. The Labute approximate surface area is 117 Å². The lowest BCUT2D eigenvalue weighted by atomic mass is 10.1. The molecular weight excluding hydrogens is 250 g/mol. The molecular formula is C17H15NO2. The molecule has 0 atom stereocenters. The number of aromatic nitrogens is 1. The lowest BCUT2D eigenvalue weighted by molar-refractivity contribution is 0.322. The van der Waals surface area contributed by atoms with Crippen molar-refractivity contribution in [3.8, 4) is 17.2 Å². The Morgan fingerprint density at radius 1 is 0.950 bits per heavy atom. The predicted octanol–water partition coefficient (Wildman–Crippen LogP) is 4.43. The van der Waals surface area contributed by atoms with Crippen LogP contribution in [0.3, 0.4) is 0 Å². The van der Waals surface area contributed by atoms with E-state index in [9.17, 15) is 0 Å². The molecule has 1 aromatic heterocycles. The molecule has 0 radical (unpaired) electrons. The van der Waals surface area contributed by atoms with Crippen molar-refractivity contribution in [2.75, 3.05) is 6.61 Å². The zero-order valence-corrected chi connectivity index (χ0v) is 11.2. The van der Waals surface area contributed by atoms with Crippen LogP contribution in [0, 0.1) is 0 Å². The quantitative estimate of drug-likeness (QED) is 0.699. The van der Waals surface area contributed by atoms with Crippen molar-refractivity contribution in [1.29, 1.82) is 0 Å². The first kappa shape index (κ1) is 12.5. The SMILES string of the molecule is CCOc1cc2ccccc2cc1Oc1cccnc1. The Hall–Kier alpha value is -2.55. The van der Waals surface area contributed by atoms with Gasteiger partial charge in [-0.05, 0) is 42.0 Å². The lowest BCUT2D eigenvalue weighted by Crippen LogP contribution is -1.95. The second kappa shape index (κ2) is 5.61. The van der Waals surface area contributed by atoms with Gasteiger partial charge in [-0.15, -0.1) is 0 Å². The molecule has 0 saturated heterocycles. The molecule has 0 aliphatic carbocycles. The van der Waals surface area contributed by atoms with E-state index in [4.69, 9.17) is 9.47 Å². The molecule has 0 aliphatic heterocycles. The van der Waals surface area contributed by atoms with Crippen molar-refractivity contribution in [3.63, 3.8) is 0 Å². The summed E-state index contributed by atoms with van der Waals surface area (Å²) < 4.78 is 11.6. The molecule has 0 bridgehead atoms. The van der Waals surface area contributed by atoms with E-state index in [2.05, 4.69) is 17.1 Å². The number of ether oxygens (including phenoxy) is 2. The number of nitrogens with zero attached hydrogens (tertiary/aromatic N) is 1. The van der Waals surface area contributed by atoms with Crippen LogP contribution in [0.15, 0.2) is 60.9 Å². The van der Waals surface area contributed by atoms with E-state index in [-0.39, 0.29) is 0 Å². The molecule has 20 heavy (non-hydrogen) atoms. The minimum atomic E-state index is 0.599. The Morgan fingerprint density at radius 3 is 2.35 bits per heavy atom. The van der Waals surface area contributed by atoms with Gasteiger partial charge in [-0.1, -0.05) is 24.3 Å². The second-order valence-corrected chi connectivity index (χ2v) is 4.37. The van der Waals surface area contributed by atoms with Crippen LogP contribution in [0.1, 0.15) is 6.92 Å². The number of pyridine rings is 1. The number of fused-ring (bicyclic) bond motifs is 1. The summed E-state index contributed by atoms with van der Waals surface area (Å²) in [6.07, 6.45) is 3.40. The van der Waals surface area contributed by atoms with E-state index >= 15 is 0 Å². The van der Waals surface area contributed by atoms with Gasteiger partial charge >= 0.3 is 0 Å².